The van der Waals surface area contributed by atoms with E-state index in [-0.39, 0.29) is 36.2 Å². The Bertz CT molecular complexity index is 2340. The second-order valence-electron chi connectivity index (χ2n) is 13.0. The number of nitrogens with zero attached hydrogens (tertiary/aromatic N) is 8. The standard InChI is InChI=1S/C19H18FN5O2.C18H14F3N5O2/c1-11-8-13(4-5-15(11)20)23-19(26)25-10-14-16(9-12(25)2)24-27-17(14)18-21-6-3-7-22-18;1-9-5-14-11(16(28-25-14)17-22-3-2-4-23-17)8-26(9)18(27)24-10-6-12(19)15(21)13(20)7-10/h3-8,12H,9-10H2,1-2H3,(H,23,26);2-4,6-7,9H,5,8H2,1H3,(H,24,27)/t12-;9-/m00/s1. The normalized spacial score (nSPS) is 16.1. The van der Waals surface area contributed by atoms with Crippen molar-refractivity contribution in [3.05, 3.63) is 119 Å². The molecule has 0 spiro atoms. The molecule has 4 aromatic heterocycles. The average molecular weight is 757 g/mol. The molecule has 18 heteroatoms. The molecule has 6 aromatic rings. The lowest BCUT2D eigenvalue weighted by Gasteiger charge is -2.32. The summed E-state index contributed by atoms with van der Waals surface area (Å²) in [6.45, 7) is 5.89. The lowest BCUT2D eigenvalue weighted by atomic mass is 10.00. The van der Waals surface area contributed by atoms with E-state index in [1.807, 2.05) is 13.8 Å². The van der Waals surface area contributed by atoms with Crippen molar-refractivity contribution in [1.82, 2.24) is 40.0 Å². The molecule has 2 atom stereocenters. The van der Waals surface area contributed by atoms with Crippen molar-refractivity contribution in [3.8, 4) is 23.2 Å². The van der Waals surface area contributed by atoms with E-state index in [1.165, 1.54) is 11.0 Å². The summed E-state index contributed by atoms with van der Waals surface area (Å²) in [6, 6.07) is 8.15. The van der Waals surface area contributed by atoms with Gasteiger partial charge in [0.05, 0.1) is 24.5 Å². The highest BCUT2D eigenvalue weighted by Gasteiger charge is 2.34. The van der Waals surface area contributed by atoms with Gasteiger partial charge in [0.15, 0.2) is 29.1 Å². The largest absolute Gasteiger partial charge is 0.352 e. The van der Waals surface area contributed by atoms with Gasteiger partial charge in [-0.05, 0) is 56.7 Å². The van der Waals surface area contributed by atoms with Crippen molar-refractivity contribution in [2.75, 3.05) is 10.6 Å². The number of aryl methyl sites for hydroxylation is 1. The minimum Gasteiger partial charge on any atom is -0.352 e. The minimum absolute atomic E-state index is 0.0614. The number of fused-ring (bicyclic) bond motifs is 2. The first-order valence-corrected chi connectivity index (χ1v) is 17.0. The van der Waals surface area contributed by atoms with Crippen molar-refractivity contribution in [2.45, 2.75) is 58.8 Å². The number of carbonyl (C=O) groups excluding carboxylic acids is 2. The maximum atomic E-state index is 13.4. The number of halogens is 4. The molecular formula is C37H32F4N10O4. The number of rotatable bonds is 4. The van der Waals surface area contributed by atoms with Gasteiger partial charge >= 0.3 is 12.1 Å². The Hall–Kier alpha value is -6.72. The van der Waals surface area contributed by atoms with Crippen LogP contribution in [0, 0.1) is 30.2 Å². The van der Waals surface area contributed by atoms with Gasteiger partial charge in [-0.1, -0.05) is 10.3 Å². The number of carbonyl (C=O) groups is 2. The molecule has 0 radical (unpaired) electrons. The zero-order chi connectivity index (χ0) is 38.8. The summed E-state index contributed by atoms with van der Waals surface area (Å²) in [5.74, 6) is -3.04. The smallest absolute Gasteiger partial charge is 0.322 e. The van der Waals surface area contributed by atoms with Crippen LogP contribution in [0.4, 0.5) is 38.5 Å². The van der Waals surface area contributed by atoms with Gasteiger partial charge < -0.3 is 29.5 Å². The summed E-state index contributed by atoms with van der Waals surface area (Å²) < 4.78 is 64.1. The van der Waals surface area contributed by atoms with E-state index in [4.69, 9.17) is 9.05 Å². The van der Waals surface area contributed by atoms with Crippen LogP contribution in [0.2, 0.25) is 0 Å². The number of amides is 4. The van der Waals surface area contributed by atoms with Crippen molar-refractivity contribution in [2.24, 2.45) is 0 Å². The van der Waals surface area contributed by atoms with E-state index in [0.717, 1.165) is 23.4 Å². The molecular weight excluding hydrogens is 724 g/mol. The van der Waals surface area contributed by atoms with E-state index in [0.29, 0.717) is 65.1 Å². The monoisotopic (exact) mass is 756 g/mol. The Morgan fingerprint density at radius 3 is 1.58 bits per heavy atom. The highest BCUT2D eigenvalue weighted by Crippen LogP contribution is 2.32. The molecule has 14 nitrogen and oxygen atoms in total. The number of nitrogens with one attached hydrogen (secondary N) is 2. The van der Waals surface area contributed by atoms with Gasteiger partial charge in [-0.2, -0.15) is 0 Å². The summed E-state index contributed by atoms with van der Waals surface area (Å²) in [5.41, 5.74) is 3.82. The molecule has 0 fully saturated rings. The molecule has 282 valence electrons. The molecule has 55 heavy (non-hydrogen) atoms. The third-order valence-electron chi connectivity index (χ3n) is 9.14. The first-order chi connectivity index (χ1) is 26.5. The fourth-order valence-electron chi connectivity index (χ4n) is 6.23. The highest BCUT2D eigenvalue weighted by molar-refractivity contribution is 5.90. The van der Waals surface area contributed by atoms with Crippen LogP contribution in [0.15, 0.2) is 76.3 Å². The van der Waals surface area contributed by atoms with E-state index in [2.05, 4.69) is 40.9 Å². The summed E-state index contributed by atoms with van der Waals surface area (Å²) >= 11 is 0. The number of benzene rings is 2. The highest BCUT2D eigenvalue weighted by atomic mass is 19.2. The molecule has 0 aliphatic carbocycles. The fourth-order valence-corrected chi connectivity index (χ4v) is 6.23. The van der Waals surface area contributed by atoms with Crippen LogP contribution in [-0.2, 0) is 25.9 Å². The third-order valence-corrected chi connectivity index (χ3v) is 9.14. The van der Waals surface area contributed by atoms with Gasteiger partial charge in [0, 0.05) is 84.3 Å². The molecule has 2 aliphatic heterocycles. The topological polar surface area (TPSA) is 168 Å². The van der Waals surface area contributed by atoms with Crippen LogP contribution in [-0.4, -0.2) is 64.2 Å². The Balaban J connectivity index is 0.000000169. The van der Waals surface area contributed by atoms with Crippen LogP contribution in [0.5, 0.6) is 0 Å². The maximum Gasteiger partial charge on any atom is 0.322 e. The van der Waals surface area contributed by atoms with Crippen molar-refractivity contribution < 1.29 is 36.2 Å². The maximum absolute atomic E-state index is 13.4. The van der Waals surface area contributed by atoms with Crippen LogP contribution in [0.3, 0.4) is 0 Å². The van der Waals surface area contributed by atoms with E-state index >= 15 is 0 Å². The van der Waals surface area contributed by atoms with Gasteiger partial charge in [-0.3, -0.25) is 0 Å². The molecule has 8 rings (SSSR count). The molecule has 2 N–H and O–H groups in total. The van der Waals surface area contributed by atoms with Gasteiger partial charge in [0.2, 0.25) is 11.5 Å². The minimum atomic E-state index is -1.59. The molecule has 2 aromatic carbocycles. The zero-order valence-electron chi connectivity index (χ0n) is 29.6. The lowest BCUT2D eigenvalue weighted by molar-refractivity contribution is 0.181. The Morgan fingerprint density at radius 1 is 0.673 bits per heavy atom. The van der Waals surface area contributed by atoms with E-state index in [1.54, 1.807) is 60.9 Å². The van der Waals surface area contributed by atoms with Gasteiger partial charge in [0.25, 0.3) is 0 Å². The van der Waals surface area contributed by atoms with Crippen LogP contribution in [0.25, 0.3) is 23.2 Å². The molecule has 0 unspecified atom stereocenters. The zero-order valence-corrected chi connectivity index (χ0v) is 29.6. The number of urea groups is 2. The number of aromatic nitrogens is 6. The number of hydrogen-bond donors (Lipinski definition) is 2. The Morgan fingerprint density at radius 2 is 1.13 bits per heavy atom. The van der Waals surface area contributed by atoms with Crippen molar-refractivity contribution in [1.29, 1.82) is 0 Å². The fraction of sp³-hybridized carbons (Fsp3) is 0.243. The molecule has 0 saturated carbocycles. The quantitative estimate of drug-likeness (QED) is 0.140. The molecule has 6 heterocycles. The van der Waals surface area contributed by atoms with Gasteiger partial charge in [-0.25, -0.2) is 47.1 Å². The average Bonchev–Trinajstić information content (AvgIpc) is 3.79. The molecule has 0 bridgehead atoms. The predicted octanol–water partition coefficient (Wildman–Crippen LogP) is 7.09. The second kappa shape index (κ2) is 15.3. The number of anilines is 2. The van der Waals surface area contributed by atoms with Crippen LogP contribution < -0.4 is 10.6 Å². The first-order valence-electron chi connectivity index (χ1n) is 17.0. The Labute approximate surface area is 310 Å². The summed E-state index contributed by atoms with van der Waals surface area (Å²) in [4.78, 5) is 45.3. The van der Waals surface area contributed by atoms with Crippen molar-refractivity contribution in [3.63, 3.8) is 0 Å². The number of hydrogen-bond acceptors (Lipinski definition) is 10. The lowest BCUT2D eigenvalue weighted by Crippen LogP contribution is -2.44. The third kappa shape index (κ3) is 7.69. The van der Waals surface area contributed by atoms with Crippen LogP contribution >= 0.6 is 0 Å². The van der Waals surface area contributed by atoms with Gasteiger partial charge in [-0.15, -0.1) is 0 Å². The predicted molar refractivity (Wildman–Crippen MR) is 188 cm³/mol. The molecule has 4 amide bonds. The Kier molecular flexibility index (Phi) is 10.2. The van der Waals surface area contributed by atoms with E-state index in [9.17, 15) is 27.2 Å². The summed E-state index contributed by atoms with van der Waals surface area (Å²) in [5, 5.41) is 13.4. The van der Waals surface area contributed by atoms with Gasteiger partial charge in [0.1, 0.15) is 5.82 Å². The first kappa shape index (κ1) is 36.6. The molecule has 2 aliphatic rings. The SMILES string of the molecule is C[C@H]1Cc2noc(-c3ncccn3)c2CN1C(=O)Nc1cc(F)c(F)c(F)c1.Cc1cc(NC(=O)N2Cc3c(noc3-c3ncccn3)C[C@@H]2C)ccc1F. The van der Waals surface area contributed by atoms with E-state index < -0.39 is 23.5 Å². The van der Waals surface area contributed by atoms with Crippen LogP contribution in [0.1, 0.15) is 41.9 Å². The summed E-state index contributed by atoms with van der Waals surface area (Å²) in [7, 11) is 0. The molecule has 0 saturated heterocycles. The second-order valence-corrected chi connectivity index (χ2v) is 13.0. The van der Waals surface area contributed by atoms with Crippen molar-refractivity contribution >= 4 is 23.4 Å². The summed E-state index contributed by atoms with van der Waals surface area (Å²) in [6.07, 6.45) is 7.37.